The summed E-state index contributed by atoms with van der Waals surface area (Å²) in [6.45, 7) is 0. The summed E-state index contributed by atoms with van der Waals surface area (Å²) in [6, 6.07) is 9.57. The molecule has 0 saturated heterocycles. The average molecular weight is 313 g/mol. The number of anilines is 1. The highest BCUT2D eigenvalue weighted by atomic mass is 16.6. The van der Waals surface area contributed by atoms with Crippen molar-refractivity contribution in [1.82, 2.24) is 14.9 Å². The number of benzene rings is 1. The number of aromatic nitrogens is 3. The lowest BCUT2D eigenvalue weighted by atomic mass is 10.1. The fraction of sp³-hybridized carbons (Fsp3) is 0. The third-order valence-electron chi connectivity index (χ3n) is 2.90. The number of hydrogen-bond acceptors (Lipinski definition) is 8. The molecule has 10 nitrogen and oxygen atoms in total. The fourth-order valence-corrected chi connectivity index (χ4v) is 1.83. The largest absolute Gasteiger partial charge is 0.455 e. The molecule has 0 spiro atoms. The molecule has 1 aromatic carbocycles. The molecular formula is C13H11N7O3. The zero-order valence-corrected chi connectivity index (χ0v) is 11.7. The number of nitrogens with two attached hydrogens (primary N) is 1. The van der Waals surface area contributed by atoms with Gasteiger partial charge in [-0.3, -0.25) is 10.1 Å². The first-order chi connectivity index (χ1) is 11.1. The molecule has 0 amide bonds. The predicted molar refractivity (Wildman–Crippen MR) is 82.2 cm³/mol. The van der Waals surface area contributed by atoms with E-state index in [9.17, 15) is 10.1 Å². The van der Waals surface area contributed by atoms with Gasteiger partial charge in [0.1, 0.15) is 17.8 Å². The van der Waals surface area contributed by atoms with Gasteiger partial charge in [-0.25, -0.2) is 10.1 Å². The quantitative estimate of drug-likeness (QED) is 0.316. The van der Waals surface area contributed by atoms with Crippen molar-refractivity contribution < 1.29 is 9.34 Å². The van der Waals surface area contributed by atoms with Gasteiger partial charge in [0, 0.05) is 17.7 Å². The van der Waals surface area contributed by atoms with E-state index in [-0.39, 0.29) is 11.6 Å². The molecule has 2 heterocycles. The third-order valence-corrected chi connectivity index (χ3v) is 2.90. The van der Waals surface area contributed by atoms with Crippen molar-refractivity contribution in [1.29, 1.82) is 0 Å². The molecule has 2 aromatic heterocycles. The van der Waals surface area contributed by atoms with E-state index in [1.165, 1.54) is 29.4 Å². The monoisotopic (exact) mass is 313 g/mol. The van der Waals surface area contributed by atoms with Crippen LogP contribution in [0.1, 0.15) is 5.76 Å². The number of nitro groups is 1. The van der Waals surface area contributed by atoms with E-state index in [1.807, 2.05) is 0 Å². The zero-order valence-electron chi connectivity index (χ0n) is 11.7. The number of rotatable bonds is 5. The topological polar surface area (TPSA) is 137 Å². The summed E-state index contributed by atoms with van der Waals surface area (Å²) in [4.78, 5) is 10.3. The highest BCUT2D eigenvalue weighted by molar-refractivity contribution is 5.78. The normalized spacial score (nSPS) is 11.0. The Morgan fingerprint density at radius 3 is 3.00 bits per heavy atom. The molecule has 23 heavy (non-hydrogen) atoms. The summed E-state index contributed by atoms with van der Waals surface area (Å²) in [6.07, 6.45) is 2.75. The minimum Gasteiger partial charge on any atom is -0.455 e. The van der Waals surface area contributed by atoms with Crippen molar-refractivity contribution in [3.63, 3.8) is 0 Å². The molecule has 3 rings (SSSR count). The van der Waals surface area contributed by atoms with E-state index >= 15 is 0 Å². The van der Waals surface area contributed by atoms with Gasteiger partial charge in [-0.2, -0.15) is 5.10 Å². The zero-order chi connectivity index (χ0) is 16.2. The van der Waals surface area contributed by atoms with Crippen LogP contribution in [0.2, 0.25) is 0 Å². The van der Waals surface area contributed by atoms with Crippen molar-refractivity contribution in [2.75, 3.05) is 11.3 Å². The van der Waals surface area contributed by atoms with Gasteiger partial charge in [0.2, 0.25) is 0 Å². The molecule has 0 aliphatic carbocycles. The summed E-state index contributed by atoms with van der Waals surface area (Å²) in [5.41, 5.74) is 3.20. The summed E-state index contributed by atoms with van der Waals surface area (Å²) in [7, 11) is 0. The van der Waals surface area contributed by atoms with Crippen molar-refractivity contribution in [3.8, 4) is 11.3 Å². The van der Waals surface area contributed by atoms with Gasteiger partial charge in [-0.1, -0.05) is 12.1 Å². The second kappa shape index (κ2) is 5.97. The fourth-order valence-electron chi connectivity index (χ4n) is 1.83. The van der Waals surface area contributed by atoms with Crippen molar-refractivity contribution in [3.05, 3.63) is 58.6 Å². The summed E-state index contributed by atoms with van der Waals surface area (Å²) < 4.78 is 6.74. The first-order valence-electron chi connectivity index (χ1n) is 6.42. The van der Waals surface area contributed by atoms with Crippen molar-refractivity contribution in [2.45, 2.75) is 0 Å². The Morgan fingerprint density at radius 2 is 2.26 bits per heavy atom. The second-order valence-corrected chi connectivity index (χ2v) is 4.44. The molecular weight excluding hydrogens is 302 g/mol. The van der Waals surface area contributed by atoms with Crippen LogP contribution in [0.15, 0.2) is 52.2 Å². The summed E-state index contributed by atoms with van der Waals surface area (Å²) >= 11 is 0. The SMILES string of the molecule is Nn1cnnc1NN=Cc1ccc(-c2cccc([N+](=O)[O-])c2)o1. The van der Waals surface area contributed by atoms with Crippen LogP contribution in [-0.2, 0) is 0 Å². The molecule has 0 unspecified atom stereocenters. The van der Waals surface area contributed by atoms with Crippen LogP contribution >= 0.6 is 0 Å². The smallest absolute Gasteiger partial charge is 0.270 e. The third kappa shape index (κ3) is 3.15. The van der Waals surface area contributed by atoms with Gasteiger partial charge in [0.25, 0.3) is 11.6 Å². The molecule has 116 valence electrons. The highest BCUT2D eigenvalue weighted by Gasteiger charge is 2.09. The lowest BCUT2D eigenvalue weighted by Gasteiger charge is -1.97. The number of non-ortho nitro benzene ring substituents is 1. The summed E-state index contributed by atoms with van der Waals surface area (Å²) in [5.74, 6) is 6.74. The number of hydrogen-bond donors (Lipinski definition) is 2. The standard InChI is InChI=1S/C13H11N7O3/c14-19-8-16-18-13(19)17-15-7-11-4-5-12(23-11)9-2-1-3-10(6-9)20(21)22/h1-8H,14H2,(H,17,18). The van der Waals surface area contributed by atoms with E-state index < -0.39 is 4.92 Å². The highest BCUT2D eigenvalue weighted by Crippen LogP contribution is 2.25. The van der Waals surface area contributed by atoms with Crippen LogP contribution in [0, 0.1) is 10.1 Å². The average Bonchev–Trinajstić information content (AvgIpc) is 3.17. The number of nitrogen functional groups attached to an aromatic ring is 1. The first-order valence-corrected chi connectivity index (χ1v) is 6.42. The molecule has 10 heteroatoms. The molecule has 0 saturated carbocycles. The molecule has 0 aliphatic rings. The van der Waals surface area contributed by atoms with Crippen LogP contribution < -0.4 is 11.3 Å². The van der Waals surface area contributed by atoms with Crippen LogP contribution in [-0.4, -0.2) is 26.0 Å². The van der Waals surface area contributed by atoms with Crippen LogP contribution in [0.25, 0.3) is 11.3 Å². The van der Waals surface area contributed by atoms with E-state index in [4.69, 9.17) is 10.3 Å². The van der Waals surface area contributed by atoms with Gasteiger partial charge in [0.15, 0.2) is 0 Å². The maximum absolute atomic E-state index is 10.8. The number of hydrazone groups is 1. The van der Waals surface area contributed by atoms with Gasteiger partial charge in [-0.05, 0) is 12.1 Å². The molecule has 3 aromatic rings. The van der Waals surface area contributed by atoms with E-state index in [0.717, 1.165) is 0 Å². The lowest BCUT2D eigenvalue weighted by Crippen LogP contribution is -2.10. The minimum absolute atomic E-state index is 0.00179. The Morgan fingerprint density at radius 1 is 1.39 bits per heavy atom. The molecule has 0 bridgehead atoms. The van der Waals surface area contributed by atoms with Gasteiger partial charge in [0.05, 0.1) is 11.1 Å². The van der Waals surface area contributed by atoms with E-state index in [1.54, 1.807) is 24.3 Å². The number of nitro benzene ring substituents is 1. The molecule has 0 aliphatic heterocycles. The van der Waals surface area contributed by atoms with Crippen molar-refractivity contribution >= 4 is 17.9 Å². The van der Waals surface area contributed by atoms with Crippen LogP contribution in [0.5, 0.6) is 0 Å². The Hall–Kier alpha value is -3.69. The van der Waals surface area contributed by atoms with Crippen LogP contribution in [0.4, 0.5) is 11.6 Å². The second-order valence-electron chi connectivity index (χ2n) is 4.44. The Labute approximate surface area is 129 Å². The van der Waals surface area contributed by atoms with Gasteiger partial charge < -0.3 is 10.3 Å². The van der Waals surface area contributed by atoms with E-state index in [2.05, 4.69) is 20.7 Å². The van der Waals surface area contributed by atoms with E-state index in [0.29, 0.717) is 17.1 Å². The number of nitrogens with one attached hydrogen (secondary N) is 1. The number of furan rings is 1. The number of nitrogens with zero attached hydrogens (tertiary/aromatic N) is 5. The van der Waals surface area contributed by atoms with Crippen molar-refractivity contribution in [2.24, 2.45) is 5.10 Å². The lowest BCUT2D eigenvalue weighted by molar-refractivity contribution is -0.384. The maximum Gasteiger partial charge on any atom is 0.270 e. The predicted octanol–water partition coefficient (Wildman–Crippen LogP) is 1.61. The molecule has 0 atom stereocenters. The van der Waals surface area contributed by atoms with Gasteiger partial charge in [-0.15, -0.1) is 10.2 Å². The first kappa shape index (κ1) is 14.3. The Balaban J connectivity index is 1.74. The summed E-state index contributed by atoms with van der Waals surface area (Å²) in [5, 5.41) is 22.0. The Bertz CT molecular complexity index is 868. The molecule has 0 fully saturated rings. The molecule has 3 N–H and O–H groups in total. The maximum atomic E-state index is 10.8. The van der Waals surface area contributed by atoms with Crippen LogP contribution in [0.3, 0.4) is 0 Å². The van der Waals surface area contributed by atoms with Gasteiger partial charge >= 0.3 is 0 Å². The minimum atomic E-state index is -0.457. The Kier molecular flexibility index (Phi) is 3.70. The molecule has 0 radical (unpaired) electrons.